The van der Waals surface area contributed by atoms with Crippen LogP contribution < -0.4 is 0 Å². The minimum absolute atomic E-state index is 0.952. The van der Waals surface area contributed by atoms with Gasteiger partial charge in [-0.1, -0.05) is 34.1 Å². The van der Waals surface area contributed by atoms with E-state index in [1.165, 1.54) is 16.7 Å². The molecule has 0 saturated heterocycles. The highest BCUT2D eigenvalue weighted by atomic mass is 79.9. The van der Waals surface area contributed by atoms with Crippen LogP contribution in [0.15, 0.2) is 18.2 Å². The van der Waals surface area contributed by atoms with Gasteiger partial charge in [0, 0.05) is 5.33 Å². The van der Waals surface area contributed by atoms with Crippen molar-refractivity contribution in [2.24, 2.45) is 0 Å². The third kappa shape index (κ3) is 1.60. The summed E-state index contributed by atoms with van der Waals surface area (Å²) in [6, 6.07) is 6.52. The zero-order valence-corrected chi connectivity index (χ0v) is 7.90. The number of rotatable bonds is 1. The van der Waals surface area contributed by atoms with E-state index in [2.05, 4.69) is 48.0 Å². The lowest BCUT2D eigenvalue weighted by atomic mass is 10.1. The van der Waals surface area contributed by atoms with Gasteiger partial charge in [-0.05, 0) is 30.5 Å². The summed E-state index contributed by atoms with van der Waals surface area (Å²) in [5.74, 6) is 0. The Hall–Kier alpha value is -0.300. The molecule has 1 heteroatoms. The van der Waals surface area contributed by atoms with Gasteiger partial charge in [0.1, 0.15) is 0 Å². The Bertz CT molecular complexity index is 228. The molecule has 0 aliphatic heterocycles. The molecule has 10 heavy (non-hydrogen) atoms. The minimum atomic E-state index is 0.952. The molecule has 0 bridgehead atoms. The lowest BCUT2D eigenvalue weighted by Gasteiger charge is -2.00. The summed E-state index contributed by atoms with van der Waals surface area (Å²) in [6.45, 7) is 4.27. The highest BCUT2D eigenvalue weighted by Gasteiger charge is 1.92. The van der Waals surface area contributed by atoms with E-state index >= 15 is 0 Å². The third-order valence-corrected chi connectivity index (χ3v) is 2.37. The van der Waals surface area contributed by atoms with Gasteiger partial charge >= 0.3 is 0 Å². The second kappa shape index (κ2) is 3.20. The Morgan fingerprint density at radius 3 is 2.40 bits per heavy atom. The number of aryl methyl sites for hydroxylation is 2. The average Bonchev–Trinajstić information content (AvgIpc) is 1.95. The van der Waals surface area contributed by atoms with E-state index in [1.807, 2.05) is 0 Å². The Kier molecular flexibility index (Phi) is 2.50. The van der Waals surface area contributed by atoms with E-state index in [1.54, 1.807) is 0 Å². The fraction of sp³-hybridized carbons (Fsp3) is 0.333. The van der Waals surface area contributed by atoms with Crippen molar-refractivity contribution in [1.82, 2.24) is 0 Å². The summed E-state index contributed by atoms with van der Waals surface area (Å²) in [6.07, 6.45) is 0. The maximum absolute atomic E-state index is 3.42. The van der Waals surface area contributed by atoms with E-state index in [0.29, 0.717) is 0 Å². The van der Waals surface area contributed by atoms with Gasteiger partial charge in [0.2, 0.25) is 0 Å². The Labute approximate surface area is 70.4 Å². The first kappa shape index (κ1) is 7.80. The molecule has 0 nitrogen and oxygen atoms in total. The predicted octanol–water partition coefficient (Wildman–Crippen LogP) is 3.20. The second-order valence-corrected chi connectivity index (χ2v) is 3.11. The van der Waals surface area contributed by atoms with Crippen molar-refractivity contribution in [3.05, 3.63) is 34.9 Å². The summed E-state index contributed by atoms with van der Waals surface area (Å²) in [7, 11) is 0. The first-order valence-electron chi connectivity index (χ1n) is 3.36. The predicted molar refractivity (Wildman–Crippen MR) is 48.5 cm³/mol. The maximum atomic E-state index is 3.42. The zero-order valence-electron chi connectivity index (χ0n) is 6.32. The molecule has 1 rings (SSSR count). The molecule has 0 saturated carbocycles. The molecule has 0 aliphatic carbocycles. The summed E-state index contributed by atoms with van der Waals surface area (Å²) in [4.78, 5) is 0. The molecule has 0 fully saturated rings. The van der Waals surface area contributed by atoms with Gasteiger partial charge in [-0.3, -0.25) is 0 Å². The highest BCUT2D eigenvalue weighted by molar-refractivity contribution is 9.08. The number of benzene rings is 1. The van der Waals surface area contributed by atoms with Crippen molar-refractivity contribution >= 4 is 15.9 Å². The SMILES string of the molecule is Cc1ccc(CBr)cc1C. The summed E-state index contributed by atoms with van der Waals surface area (Å²) >= 11 is 3.42. The molecular weight excluding hydrogens is 188 g/mol. The maximum Gasteiger partial charge on any atom is 0.0283 e. The molecule has 0 atom stereocenters. The van der Waals surface area contributed by atoms with Crippen LogP contribution in [0.25, 0.3) is 0 Å². The largest absolute Gasteiger partial charge is 0.0876 e. The fourth-order valence-electron chi connectivity index (χ4n) is 0.887. The third-order valence-electron chi connectivity index (χ3n) is 1.73. The van der Waals surface area contributed by atoms with Crippen LogP contribution in [0.2, 0.25) is 0 Å². The minimum Gasteiger partial charge on any atom is -0.0876 e. The number of hydrogen-bond donors (Lipinski definition) is 0. The van der Waals surface area contributed by atoms with E-state index < -0.39 is 0 Å². The van der Waals surface area contributed by atoms with E-state index in [4.69, 9.17) is 0 Å². The van der Waals surface area contributed by atoms with Crippen LogP contribution in [-0.2, 0) is 5.33 Å². The molecular formula is C9H11Br. The smallest absolute Gasteiger partial charge is 0.0283 e. The van der Waals surface area contributed by atoms with Gasteiger partial charge < -0.3 is 0 Å². The van der Waals surface area contributed by atoms with Crippen LogP contribution in [0, 0.1) is 13.8 Å². The number of hydrogen-bond acceptors (Lipinski definition) is 0. The van der Waals surface area contributed by atoms with Gasteiger partial charge in [0.15, 0.2) is 0 Å². The zero-order chi connectivity index (χ0) is 7.56. The van der Waals surface area contributed by atoms with E-state index in [-0.39, 0.29) is 0 Å². The lowest BCUT2D eigenvalue weighted by Crippen LogP contribution is -1.82. The van der Waals surface area contributed by atoms with Gasteiger partial charge in [-0.15, -0.1) is 0 Å². The quantitative estimate of drug-likeness (QED) is 0.609. The summed E-state index contributed by atoms with van der Waals surface area (Å²) in [5.41, 5.74) is 4.09. The molecule has 1 aromatic rings. The van der Waals surface area contributed by atoms with Crippen LogP contribution in [-0.4, -0.2) is 0 Å². The van der Waals surface area contributed by atoms with Gasteiger partial charge in [0.25, 0.3) is 0 Å². The first-order valence-corrected chi connectivity index (χ1v) is 4.48. The van der Waals surface area contributed by atoms with Crippen LogP contribution in [0.5, 0.6) is 0 Å². The van der Waals surface area contributed by atoms with Gasteiger partial charge in [0.05, 0.1) is 0 Å². The molecule has 54 valence electrons. The normalized spacial score (nSPS) is 9.90. The summed E-state index contributed by atoms with van der Waals surface area (Å²) < 4.78 is 0. The molecule has 0 unspecified atom stereocenters. The molecule has 0 aromatic heterocycles. The fourth-order valence-corrected chi connectivity index (χ4v) is 1.24. The number of halogens is 1. The monoisotopic (exact) mass is 198 g/mol. The molecule has 0 heterocycles. The van der Waals surface area contributed by atoms with E-state index in [9.17, 15) is 0 Å². The van der Waals surface area contributed by atoms with Crippen molar-refractivity contribution < 1.29 is 0 Å². The lowest BCUT2D eigenvalue weighted by molar-refractivity contribution is 1.29. The molecule has 0 spiro atoms. The van der Waals surface area contributed by atoms with Crippen molar-refractivity contribution in [3.63, 3.8) is 0 Å². The Morgan fingerprint density at radius 2 is 1.90 bits per heavy atom. The van der Waals surface area contributed by atoms with Crippen molar-refractivity contribution in [2.45, 2.75) is 19.2 Å². The standard InChI is InChI=1S/C9H11Br/c1-7-3-4-9(6-10)5-8(7)2/h3-5H,6H2,1-2H3. The molecule has 1 aromatic carbocycles. The number of alkyl halides is 1. The van der Waals surface area contributed by atoms with Crippen LogP contribution in [0.3, 0.4) is 0 Å². The first-order chi connectivity index (χ1) is 4.74. The van der Waals surface area contributed by atoms with Crippen LogP contribution in [0.1, 0.15) is 16.7 Å². The van der Waals surface area contributed by atoms with Crippen LogP contribution in [0.4, 0.5) is 0 Å². The average molecular weight is 199 g/mol. The molecule has 0 radical (unpaired) electrons. The summed E-state index contributed by atoms with van der Waals surface area (Å²) in [5, 5.41) is 0.952. The van der Waals surface area contributed by atoms with E-state index in [0.717, 1.165) is 5.33 Å². The van der Waals surface area contributed by atoms with Gasteiger partial charge in [-0.2, -0.15) is 0 Å². The van der Waals surface area contributed by atoms with Crippen molar-refractivity contribution in [3.8, 4) is 0 Å². The van der Waals surface area contributed by atoms with Crippen molar-refractivity contribution in [1.29, 1.82) is 0 Å². The Balaban J connectivity index is 3.04. The molecule has 0 N–H and O–H groups in total. The second-order valence-electron chi connectivity index (χ2n) is 2.55. The topological polar surface area (TPSA) is 0 Å². The Morgan fingerprint density at radius 1 is 1.20 bits per heavy atom. The molecule has 0 amide bonds. The van der Waals surface area contributed by atoms with Crippen molar-refractivity contribution in [2.75, 3.05) is 0 Å². The molecule has 0 aliphatic rings. The van der Waals surface area contributed by atoms with Gasteiger partial charge in [-0.25, -0.2) is 0 Å². The highest BCUT2D eigenvalue weighted by Crippen LogP contribution is 2.11. The van der Waals surface area contributed by atoms with Crippen LogP contribution >= 0.6 is 15.9 Å².